The average molecular weight is 224 g/mol. The zero-order valence-corrected chi connectivity index (χ0v) is 10.5. The molecule has 0 saturated heterocycles. The van der Waals surface area contributed by atoms with Crippen LogP contribution in [0.3, 0.4) is 0 Å². The number of carbonyl (C=O) groups excluding carboxylic acids is 1. The largest absolute Gasteiger partial charge is 0.355 e. The second kappa shape index (κ2) is 4.02. The SMILES string of the molecule is CC(C)C1(CNC(=O)C2(CN)CCC2)CC1. The van der Waals surface area contributed by atoms with Gasteiger partial charge in [-0.15, -0.1) is 0 Å². The van der Waals surface area contributed by atoms with Crippen LogP contribution < -0.4 is 11.1 Å². The Morgan fingerprint density at radius 1 is 1.31 bits per heavy atom. The molecular weight excluding hydrogens is 200 g/mol. The van der Waals surface area contributed by atoms with E-state index < -0.39 is 0 Å². The Balaban J connectivity index is 1.84. The van der Waals surface area contributed by atoms with Crippen LogP contribution in [0.4, 0.5) is 0 Å². The summed E-state index contributed by atoms with van der Waals surface area (Å²) in [5, 5.41) is 3.14. The number of hydrogen-bond acceptors (Lipinski definition) is 2. The predicted molar refractivity (Wildman–Crippen MR) is 64.9 cm³/mol. The molecule has 2 fully saturated rings. The van der Waals surface area contributed by atoms with Crippen molar-refractivity contribution < 1.29 is 4.79 Å². The molecule has 0 aromatic carbocycles. The van der Waals surface area contributed by atoms with Crippen molar-refractivity contribution in [2.45, 2.75) is 46.0 Å². The van der Waals surface area contributed by atoms with Gasteiger partial charge in [-0.1, -0.05) is 20.3 Å². The lowest BCUT2D eigenvalue weighted by molar-refractivity contribution is -0.135. The van der Waals surface area contributed by atoms with E-state index in [4.69, 9.17) is 5.73 Å². The number of nitrogens with one attached hydrogen (secondary N) is 1. The molecule has 0 aromatic heterocycles. The highest BCUT2D eigenvalue weighted by Crippen LogP contribution is 2.51. The van der Waals surface area contributed by atoms with E-state index in [1.807, 2.05) is 0 Å². The highest BCUT2D eigenvalue weighted by Gasteiger charge is 2.48. The maximum Gasteiger partial charge on any atom is 0.227 e. The minimum atomic E-state index is -0.215. The summed E-state index contributed by atoms with van der Waals surface area (Å²) in [5.41, 5.74) is 5.91. The van der Waals surface area contributed by atoms with Gasteiger partial charge in [-0.05, 0) is 37.0 Å². The van der Waals surface area contributed by atoms with Gasteiger partial charge in [0.05, 0.1) is 5.41 Å². The van der Waals surface area contributed by atoms with Gasteiger partial charge in [-0.2, -0.15) is 0 Å². The summed E-state index contributed by atoms with van der Waals surface area (Å²) in [6.45, 7) is 5.86. The van der Waals surface area contributed by atoms with Crippen molar-refractivity contribution in [1.29, 1.82) is 0 Å². The van der Waals surface area contributed by atoms with Crippen molar-refractivity contribution >= 4 is 5.91 Å². The number of carbonyl (C=O) groups is 1. The van der Waals surface area contributed by atoms with Gasteiger partial charge in [-0.3, -0.25) is 4.79 Å². The summed E-state index contributed by atoms with van der Waals surface area (Å²) in [5.74, 6) is 0.871. The van der Waals surface area contributed by atoms with E-state index in [-0.39, 0.29) is 11.3 Å². The Morgan fingerprint density at radius 2 is 1.94 bits per heavy atom. The highest BCUT2D eigenvalue weighted by atomic mass is 16.2. The molecule has 0 spiro atoms. The van der Waals surface area contributed by atoms with Crippen molar-refractivity contribution in [2.24, 2.45) is 22.5 Å². The molecule has 3 N–H and O–H groups in total. The molecule has 16 heavy (non-hydrogen) atoms. The lowest BCUT2D eigenvalue weighted by atomic mass is 9.68. The quantitative estimate of drug-likeness (QED) is 0.746. The monoisotopic (exact) mass is 224 g/mol. The van der Waals surface area contributed by atoms with Crippen LogP contribution in [-0.2, 0) is 4.79 Å². The summed E-state index contributed by atoms with van der Waals surface area (Å²) in [6.07, 6.45) is 5.63. The van der Waals surface area contributed by atoms with E-state index in [0.717, 1.165) is 25.8 Å². The molecule has 2 rings (SSSR count). The summed E-state index contributed by atoms with van der Waals surface area (Å²) in [6, 6.07) is 0. The molecule has 0 aliphatic heterocycles. The fourth-order valence-electron chi connectivity index (χ4n) is 2.69. The van der Waals surface area contributed by atoms with Gasteiger partial charge < -0.3 is 11.1 Å². The fourth-order valence-corrected chi connectivity index (χ4v) is 2.69. The standard InChI is InChI=1S/C13H24N2O/c1-10(2)13(6-7-13)9-15-11(16)12(8-14)4-3-5-12/h10H,3-9,14H2,1-2H3,(H,15,16). The smallest absolute Gasteiger partial charge is 0.227 e. The van der Waals surface area contributed by atoms with Crippen LogP contribution >= 0.6 is 0 Å². The maximum absolute atomic E-state index is 12.1. The molecule has 0 unspecified atom stereocenters. The van der Waals surface area contributed by atoms with Crippen molar-refractivity contribution in [3.8, 4) is 0 Å². The highest BCUT2D eigenvalue weighted by molar-refractivity contribution is 5.83. The topological polar surface area (TPSA) is 55.1 Å². The van der Waals surface area contributed by atoms with E-state index in [1.54, 1.807) is 0 Å². The van der Waals surface area contributed by atoms with E-state index in [2.05, 4.69) is 19.2 Å². The molecule has 1 amide bonds. The summed E-state index contributed by atoms with van der Waals surface area (Å²) in [7, 11) is 0. The van der Waals surface area contributed by atoms with Crippen molar-refractivity contribution in [3.05, 3.63) is 0 Å². The summed E-state index contributed by atoms with van der Waals surface area (Å²) >= 11 is 0. The van der Waals surface area contributed by atoms with Crippen LogP contribution in [0.1, 0.15) is 46.0 Å². The number of amides is 1. The zero-order chi connectivity index (χ0) is 11.8. The molecule has 3 heteroatoms. The van der Waals surface area contributed by atoms with Crippen molar-refractivity contribution in [1.82, 2.24) is 5.32 Å². The summed E-state index contributed by atoms with van der Waals surface area (Å²) in [4.78, 5) is 12.1. The predicted octanol–water partition coefficient (Wildman–Crippen LogP) is 1.67. The lowest BCUT2D eigenvalue weighted by Gasteiger charge is -2.39. The van der Waals surface area contributed by atoms with Gasteiger partial charge >= 0.3 is 0 Å². The molecule has 2 aliphatic rings. The van der Waals surface area contributed by atoms with Crippen LogP contribution in [-0.4, -0.2) is 19.0 Å². The van der Waals surface area contributed by atoms with Gasteiger partial charge in [0.15, 0.2) is 0 Å². The van der Waals surface area contributed by atoms with E-state index in [0.29, 0.717) is 17.9 Å². The molecule has 3 nitrogen and oxygen atoms in total. The number of nitrogens with two attached hydrogens (primary N) is 1. The average Bonchev–Trinajstić information content (AvgIpc) is 2.94. The normalized spacial score (nSPS) is 25.0. The van der Waals surface area contributed by atoms with Crippen LogP contribution in [0.2, 0.25) is 0 Å². The molecule has 0 radical (unpaired) electrons. The molecule has 2 saturated carbocycles. The molecule has 0 aromatic rings. The second-order valence-corrected chi connectivity index (χ2v) is 6.04. The zero-order valence-electron chi connectivity index (χ0n) is 10.5. The van der Waals surface area contributed by atoms with Gasteiger partial charge in [-0.25, -0.2) is 0 Å². The van der Waals surface area contributed by atoms with E-state index in [1.165, 1.54) is 12.8 Å². The minimum Gasteiger partial charge on any atom is -0.355 e. The molecule has 92 valence electrons. The van der Waals surface area contributed by atoms with Gasteiger partial charge in [0.2, 0.25) is 5.91 Å². The first-order chi connectivity index (χ1) is 7.55. The lowest BCUT2D eigenvalue weighted by Crippen LogP contribution is -2.51. The number of rotatable bonds is 5. The molecular formula is C13H24N2O. The third-order valence-electron chi connectivity index (χ3n) is 4.90. The first-order valence-corrected chi connectivity index (χ1v) is 6.53. The molecule has 0 atom stereocenters. The molecule has 0 bridgehead atoms. The van der Waals surface area contributed by atoms with Crippen molar-refractivity contribution in [2.75, 3.05) is 13.1 Å². The third kappa shape index (κ3) is 1.86. The first kappa shape index (κ1) is 11.9. The Morgan fingerprint density at radius 3 is 2.25 bits per heavy atom. The minimum absolute atomic E-state index is 0.202. The summed E-state index contributed by atoms with van der Waals surface area (Å²) < 4.78 is 0. The Labute approximate surface area is 98.2 Å². The van der Waals surface area contributed by atoms with Crippen LogP contribution in [0.15, 0.2) is 0 Å². The second-order valence-electron chi connectivity index (χ2n) is 6.04. The van der Waals surface area contributed by atoms with E-state index in [9.17, 15) is 4.79 Å². The Kier molecular flexibility index (Phi) is 2.99. The number of hydrogen-bond donors (Lipinski definition) is 2. The van der Waals surface area contributed by atoms with Crippen LogP contribution in [0.25, 0.3) is 0 Å². The first-order valence-electron chi connectivity index (χ1n) is 6.53. The van der Waals surface area contributed by atoms with Crippen LogP contribution in [0, 0.1) is 16.7 Å². The van der Waals surface area contributed by atoms with Gasteiger partial charge in [0, 0.05) is 13.1 Å². The van der Waals surface area contributed by atoms with Crippen molar-refractivity contribution in [3.63, 3.8) is 0 Å². The van der Waals surface area contributed by atoms with E-state index >= 15 is 0 Å². The molecule has 2 aliphatic carbocycles. The fraction of sp³-hybridized carbons (Fsp3) is 0.923. The Bertz CT molecular complexity index is 272. The van der Waals surface area contributed by atoms with Crippen LogP contribution in [0.5, 0.6) is 0 Å². The molecule has 0 heterocycles. The maximum atomic E-state index is 12.1. The van der Waals surface area contributed by atoms with Gasteiger partial charge in [0.25, 0.3) is 0 Å². The van der Waals surface area contributed by atoms with Gasteiger partial charge in [0.1, 0.15) is 0 Å². The Hall–Kier alpha value is -0.570. The third-order valence-corrected chi connectivity index (χ3v) is 4.90.